The lowest BCUT2D eigenvalue weighted by Crippen LogP contribution is -2.43. The highest BCUT2D eigenvalue weighted by Crippen LogP contribution is 2.44. The molecule has 35 heavy (non-hydrogen) atoms. The summed E-state index contributed by atoms with van der Waals surface area (Å²) in [5, 5.41) is 0. The molecule has 0 spiro atoms. The second-order valence-corrected chi connectivity index (χ2v) is 11.3. The number of allylic oxidation sites excluding steroid dienone is 1. The molecule has 0 N–H and O–H groups in total. The van der Waals surface area contributed by atoms with Crippen LogP contribution < -0.4 is 4.74 Å². The Labute approximate surface area is 212 Å². The highest BCUT2D eigenvalue weighted by atomic mass is 16.5. The summed E-state index contributed by atoms with van der Waals surface area (Å²) in [5.74, 6) is 1.43. The zero-order valence-corrected chi connectivity index (χ0v) is 22.4. The Morgan fingerprint density at radius 2 is 1.71 bits per heavy atom. The molecule has 2 aliphatic rings. The molecule has 0 amide bonds. The summed E-state index contributed by atoms with van der Waals surface area (Å²) in [5.41, 5.74) is 1.65. The zero-order chi connectivity index (χ0) is 25.3. The molecule has 0 heterocycles. The number of hydrogen-bond donors (Lipinski definition) is 0. The Balaban J connectivity index is 1.60. The summed E-state index contributed by atoms with van der Waals surface area (Å²) in [6.07, 6.45) is 13.9. The third-order valence-corrected chi connectivity index (χ3v) is 8.07. The van der Waals surface area contributed by atoms with Gasteiger partial charge in [0.1, 0.15) is 11.9 Å². The van der Waals surface area contributed by atoms with Crippen LogP contribution in [0.5, 0.6) is 5.75 Å². The van der Waals surface area contributed by atoms with Gasteiger partial charge < -0.3 is 9.47 Å². The second kappa shape index (κ2) is 13.3. The number of carbonyl (C=O) groups excluding carboxylic acids is 2. The van der Waals surface area contributed by atoms with Crippen molar-refractivity contribution in [2.24, 2.45) is 11.8 Å². The number of rotatable bonds is 12. The van der Waals surface area contributed by atoms with E-state index in [1.807, 2.05) is 0 Å². The van der Waals surface area contributed by atoms with Crippen LogP contribution in [0.4, 0.5) is 0 Å². The van der Waals surface area contributed by atoms with E-state index in [4.69, 9.17) is 9.47 Å². The lowest BCUT2D eigenvalue weighted by molar-refractivity contribution is -0.152. The average molecular weight is 483 g/mol. The normalized spacial score (nSPS) is 23.0. The van der Waals surface area contributed by atoms with Gasteiger partial charge in [-0.15, -0.1) is 0 Å². The molecule has 3 rings (SSSR count). The van der Waals surface area contributed by atoms with Gasteiger partial charge in [-0.2, -0.15) is 0 Å². The minimum atomic E-state index is -0.295. The van der Waals surface area contributed by atoms with Crippen molar-refractivity contribution in [2.45, 2.75) is 116 Å². The largest absolute Gasteiger partial charge is 0.494 e. The summed E-state index contributed by atoms with van der Waals surface area (Å²) < 4.78 is 12.1. The summed E-state index contributed by atoms with van der Waals surface area (Å²) >= 11 is 0. The molecule has 0 radical (unpaired) electrons. The first-order chi connectivity index (χ1) is 16.8. The average Bonchev–Trinajstić information content (AvgIpc) is 2.83. The maximum atomic E-state index is 12.9. The van der Waals surface area contributed by atoms with Crippen LogP contribution in [-0.2, 0) is 19.7 Å². The van der Waals surface area contributed by atoms with Gasteiger partial charge in [-0.25, -0.2) is 4.79 Å². The Bertz CT molecular complexity index is 851. The highest BCUT2D eigenvalue weighted by molar-refractivity contribution is 6.00. The second-order valence-electron chi connectivity index (χ2n) is 11.3. The molecule has 3 atom stereocenters. The number of ketones is 1. The standard InChI is InChI=1S/C31H46O4/c1-5-6-7-8-9-10-20-34-27-17-15-25(16-18-27)31(3,4)28-19-14-23(2)21-29(28)35-30(33)24-12-11-13-26(32)22-24/h15-18,22-23,28-29H,5-14,19-21H2,1-4H3/t23-,28-,29-/m1/s1. The summed E-state index contributed by atoms with van der Waals surface area (Å²) in [4.78, 5) is 24.7. The minimum Gasteiger partial charge on any atom is -0.494 e. The number of esters is 1. The third-order valence-electron chi connectivity index (χ3n) is 8.07. The van der Waals surface area contributed by atoms with Crippen LogP contribution in [0.25, 0.3) is 0 Å². The van der Waals surface area contributed by atoms with Crippen LogP contribution in [0.15, 0.2) is 35.9 Å². The molecule has 0 saturated heterocycles. The Morgan fingerprint density at radius 3 is 2.43 bits per heavy atom. The minimum absolute atomic E-state index is 0.0379. The molecule has 194 valence electrons. The van der Waals surface area contributed by atoms with Gasteiger partial charge >= 0.3 is 5.97 Å². The van der Waals surface area contributed by atoms with Crippen molar-refractivity contribution in [3.8, 4) is 5.75 Å². The molecule has 1 saturated carbocycles. The van der Waals surface area contributed by atoms with Gasteiger partial charge in [0.2, 0.25) is 0 Å². The molecular weight excluding hydrogens is 436 g/mol. The number of ether oxygens (including phenoxy) is 2. The topological polar surface area (TPSA) is 52.6 Å². The van der Waals surface area contributed by atoms with Crippen LogP contribution in [0.2, 0.25) is 0 Å². The quantitative estimate of drug-likeness (QED) is 0.226. The van der Waals surface area contributed by atoms with Gasteiger partial charge in [-0.05, 0) is 67.2 Å². The Hall–Kier alpha value is -2.10. The first-order valence-electron chi connectivity index (χ1n) is 14.0. The van der Waals surface area contributed by atoms with Gasteiger partial charge in [0.15, 0.2) is 5.78 Å². The summed E-state index contributed by atoms with van der Waals surface area (Å²) in [6, 6.07) is 8.52. The molecule has 1 aromatic rings. The van der Waals surface area contributed by atoms with Crippen molar-refractivity contribution < 1.29 is 19.1 Å². The van der Waals surface area contributed by atoms with Gasteiger partial charge in [-0.3, -0.25) is 4.79 Å². The Morgan fingerprint density at radius 1 is 1.00 bits per heavy atom. The molecule has 0 aliphatic heterocycles. The van der Waals surface area contributed by atoms with Crippen LogP contribution in [-0.4, -0.2) is 24.5 Å². The van der Waals surface area contributed by atoms with Crippen LogP contribution in [0, 0.1) is 11.8 Å². The van der Waals surface area contributed by atoms with Gasteiger partial charge in [0.05, 0.1) is 6.61 Å². The van der Waals surface area contributed by atoms with Crippen molar-refractivity contribution in [3.05, 3.63) is 41.5 Å². The van der Waals surface area contributed by atoms with E-state index >= 15 is 0 Å². The van der Waals surface area contributed by atoms with Crippen molar-refractivity contribution >= 4 is 11.8 Å². The van der Waals surface area contributed by atoms with Crippen molar-refractivity contribution in [1.29, 1.82) is 0 Å². The number of benzene rings is 1. The fourth-order valence-corrected chi connectivity index (χ4v) is 5.72. The zero-order valence-electron chi connectivity index (χ0n) is 22.4. The van der Waals surface area contributed by atoms with Crippen LogP contribution >= 0.6 is 0 Å². The van der Waals surface area contributed by atoms with E-state index in [1.165, 1.54) is 43.7 Å². The van der Waals surface area contributed by atoms with E-state index in [1.54, 1.807) is 0 Å². The van der Waals surface area contributed by atoms with E-state index < -0.39 is 0 Å². The molecule has 1 aromatic carbocycles. The maximum absolute atomic E-state index is 12.9. The lowest BCUT2D eigenvalue weighted by Gasteiger charge is -2.44. The molecule has 0 unspecified atom stereocenters. The number of carbonyl (C=O) groups is 2. The van der Waals surface area contributed by atoms with Gasteiger partial charge in [-0.1, -0.05) is 78.4 Å². The number of unbranched alkanes of at least 4 members (excludes halogenated alkanes) is 5. The molecule has 2 aliphatic carbocycles. The first-order valence-corrected chi connectivity index (χ1v) is 14.0. The maximum Gasteiger partial charge on any atom is 0.334 e. The van der Waals surface area contributed by atoms with E-state index in [2.05, 4.69) is 52.0 Å². The SMILES string of the molecule is CCCCCCCCOc1ccc(C(C)(C)[C@@H]2CC[C@@H](C)C[C@H]2OC(=O)C2=CC(=O)CCC2)cc1. The van der Waals surface area contributed by atoms with Crippen LogP contribution in [0.1, 0.15) is 110 Å². The predicted octanol–water partition coefficient (Wildman–Crippen LogP) is 7.73. The van der Waals surface area contributed by atoms with Crippen molar-refractivity contribution in [3.63, 3.8) is 0 Å². The molecule has 4 heteroatoms. The van der Waals surface area contributed by atoms with E-state index in [9.17, 15) is 9.59 Å². The van der Waals surface area contributed by atoms with Gasteiger partial charge in [0.25, 0.3) is 0 Å². The molecule has 0 bridgehead atoms. The monoisotopic (exact) mass is 482 g/mol. The fourth-order valence-electron chi connectivity index (χ4n) is 5.72. The highest BCUT2D eigenvalue weighted by Gasteiger charge is 2.42. The number of hydrogen-bond acceptors (Lipinski definition) is 4. The van der Waals surface area contributed by atoms with E-state index in [-0.39, 0.29) is 29.2 Å². The van der Waals surface area contributed by atoms with Crippen molar-refractivity contribution in [1.82, 2.24) is 0 Å². The lowest BCUT2D eigenvalue weighted by atomic mass is 9.64. The summed E-state index contributed by atoms with van der Waals surface area (Å²) in [7, 11) is 0. The first kappa shape index (κ1) is 27.5. The molecule has 0 aromatic heterocycles. The van der Waals surface area contributed by atoms with E-state index in [0.29, 0.717) is 24.3 Å². The van der Waals surface area contributed by atoms with Crippen molar-refractivity contribution in [2.75, 3.05) is 6.61 Å². The smallest absolute Gasteiger partial charge is 0.334 e. The van der Waals surface area contributed by atoms with Gasteiger partial charge in [0, 0.05) is 17.9 Å². The molecular formula is C31H46O4. The molecule has 4 nitrogen and oxygen atoms in total. The third kappa shape index (κ3) is 7.95. The predicted molar refractivity (Wildman–Crippen MR) is 142 cm³/mol. The molecule has 1 fully saturated rings. The van der Waals surface area contributed by atoms with Crippen LogP contribution in [0.3, 0.4) is 0 Å². The summed E-state index contributed by atoms with van der Waals surface area (Å²) in [6.45, 7) is 9.79. The van der Waals surface area contributed by atoms with E-state index in [0.717, 1.165) is 44.5 Å². The Kier molecular flexibility index (Phi) is 10.4. The fraction of sp³-hybridized carbons (Fsp3) is 0.677.